The zero-order chi connectivity index (χ0) is 12.5. The third-order valence-corrected chi connectivity index (χ3v) is 2.55. The maximum Gasteiger partial charge on any atom is 0.308 e. The topological polar surface area (TPSA) is 95.7 Å². The number of hydrogen-bond donors (Lipinski definition) is 1. The first-order valence-electron chi connectivity index (χ1n) is 5.00. The second kappa shape index (κ2) is 4.11. The molecular weight excluding hydrogens is 256 g/mol. The van der Waals surface area contributed by atoms with Crippen molar-refractivity contribution >= 4 is 17.3 Å². The van der Waals surface area contributed by atoms with Crippen LogP contribution in [-0.2, 0) is 0 Å². The fourth-order valence-electron chi connectivity index (χ4n) is 1.43. The lowest BCUT2D eigenvalue weighted by atomic mass is 10.2. The molecule has 7 nitrogen and oxygen atoms in total. The third-order valence-electron chi connectivity index (χ3n) is 2.24. The van der Waals surface area contributed by atoms with Crippen LogP contribution in [0.15, 0.2) is 35.1 Å². The molecule has 0 aliphatic carbocycles. The van der Waals surface area contributed by atoms with Crippen LogP contribution in [0.4, 0.5) is 5.69 Å². The van der Waals surface area contributed by atoms with E-state index in [-0.39, 0.29) is 11.8 Å². The summed E-state index contributed by atoms with van der Waals surface area (Å²) in [7, 11) is 0. The summed E-state index contributed by atoms with van der Waals surface area (Å²) in [5.41, 5.74) is 6.79. The monoisotopic (exact) mass is 262 g/mol. The summed E-state index contributed by atoms with van der Waals surface area (Å²) in [6.45, 7) is 0. The number of nitrogens with two attached hydrogens (primary N) is 1. The summed E-state index contributed by atoms with van der Waals surface area (Å²) < 4.78 is 5.11. The smallest absolute Gasteiger partial charge is 0.308 e. The van der Waals surface area contributed by atoms with Crippen LogP contribution < -0.4 is 5.73 Å². The summed E-state index contributed by atoms with van der Waals surface area (Å²) in [5, 5.41) is 12.0. The van der Waals surface area contributed by atoms with E-state index < -0.39 is 0 Å². The highest BCUT2D eigenvalue weighted by Gasteiger charge is 2.14. The molecule has 0 aliphatic rings. The number of rotatable bonds is 2. The maximum atomic E-state index is 6.05. The molecule has 0 amide bonds. The summed E-state index contributed by atoms with van der Waals surface area (Å²) >= 11 is 6.05. The fourth-order valence-corrected chi connectivity index (χ4v) is 1.70. The third kappa shape index (κ3) is 1.80. The van der Waals surface area contributed by atoms with Crippen LogP contribution in [0.1, 0.15) is 0 Å². The van der Waals surface area contributed by atoms with Gasteiger partial charge in [0.15, 0.2) is 0 Å². The van der Waals surface area contributed by atoms with Gasteiger partial charge in [0.05, 0.1) is 23.0 Å². The molecule has 8 heteroatoms. The molecule has 0 fully saturated rings. The van der Waals surface area contributed by atoms with E-state index in [0.717, 1.165) is 0 Å². The molecule has 1 aromatic carbocycles. The van der Waals surface area contributed by atoms with E-state index in [2.05, 4.69) is 20.3 Å². The Morgan fingerprint density at radius 2 is 2.00 bits per heavy atom. The Kier molecular flexibility index (Phi) is 2.45. The molecule has 0 unspecified atom stereocenters. The number of nitrogens with zero attached hydrogens (tertiary/aromatic N) is 5. The Morgan fingerprint density at radius 1 is 1.22 bits per heavy atom. The van der Waals surface area contributed by atoms with Crippen LogP contribution >= 0.6 is 11.6 Å². The van der Waals surface area contributed by atoms with Crippen molar-refractivity contribution in [3.8, 4) is 17.4 Å². The number of hydrogen-bond acceptors (Lipinski definition) is 6. The first-order valence-corrected chi connectivity index (χ1v) is 5.37. The van der Waals surface area contributed by atoms with E-state index >= 15 is 0 Å². The number of halogens is 1. The molecule has 3 rings (SSSR count). The van der Waals surface area contributed by atoms with Gasteiger partial charge in [-0.2, -0.15) is 15.2 Å². The van der Waals surface area contributed by atoms with Crippen molar-refractivity contribution in [3.05, 3.63) is 35.6 Å². The van der Waals surface area contributed by atoms with Crippen molar-refractivity contribution in [2.45, 2.75) is 0 Å². The van der Waals surface area contributed by atoms with Gasteiger partial charge in [0.1, 0.15) is 0 Å². The standard InChI is InChI=1S/C10H7ClN6O/c11-8-5-6(12)1-2-7(8)9-15-10(16-18-9)17-13-3-4-14-17/h1-5H,12H2. The highest BCUT2D eigenvalue weighted by atomic mass is 35.5. The molecule has 0 spiro atoms. The largest absolute Gasteiger partial charge is 0.399 e. The summed E-state index contributed by atoms with van der Waals surface area (Å²) in [6.07, 6.45) is 3.04. The first-order chi connectivity index (χ1) is 8.74. The predicted molar refractivity (Wildman–Crippen MR) is 64.1 cm³/mol. The minimum atomic E-state index is 0.239. The lowest BCUT2D eigenvalue weighted by molar-refractivity contribution is 0.423. The highest BCUT2D eigenvalue weighted by Crippen LogP contribution is 2.28. The molecule has 2 N–H and O–H groups in total. The van der Waals surface area contributed by atoms with E-state index in [0.29, 0.717) is 16.3 Å². The molecule has 18 heavy (non-hydrogen) atoms. The van der Waals surface area contributed by atoms with E-state index in [1.165, 1.54) is 17.2 Å². The Hall–Kier alpha value is -2.41. The van der Waals surface area contributed by atoms with Gasteiger partial charge in [-0.3, -0.25) is 0 Å². The minimum Gasteiger partial charge on any atom is -0.399 e. The molecule has 2 heterocycles. The van der Waals surface area contributed by atoms with Gasteiger partial charge in [-0.1, -0.05) is 11.6 Å². The average Bonchev–Trinajstić information content (AvgIpc) is 2.99. The Morgan fingerprint density at radius 3 is 2.72 bits per heavy atom. The maximum absolute atomic E-state index is 6.05. The molecule has 0 aliphatic heterocycles. The van der Waals surface area contributed by atoms with Crippen LogP contribution in [0, 0.1) is 0 Å². The van der Waals surface area contributed by atoms with E-state index in [4.69, 9.17) is 21.9 Å². The van der Waals surface area contributed by atoms with Crippen molar-refractivity contribution in [2.75, 3.05) is 5.73 Å². The second-order valence-corrected chi connectivity index (χ2v) is 3.86. The second-order valence-electron chi connectivity index (χ2n) is 3.46. The lowest BCUT2D eigenvalue weighted by Crippen LogP contribution is -2.00. The molecule has 3 aromatic rings. The Bertz CT molecular complexity index is 678. The molecule has 90 valence electrons. The van der Waals surface area contributed by atoms with Gasteiger partial charge in [-0.25, -0.2) is 0 Å². The normalized spacial score (nSPS) is 10.7. The summed E-state index contributed by atoms with van der Waals surface area (Å²) in [6, 6.07) is 5.04. The highest BCUT2D eigenvalue weighted by molar-refractivity contribution is 6.33. The van der Waals surface area contributed by atoms with E-state index in [1.807, 2.05) is 0 Å². The Labute approximate surface area is 106 Å². The van der Waals surface area contributed by atoms with Crippen molar-refractivity contribution < 1.29 is 4.52 Å². The van der Waals surface area contributed by atoms with E-state index in [9.17, 15) is 0 Å². The minimum absolute atomic E-state index is 0.239. The molecule has 0 atom stereocenters. The van der Waals surface area contributed by atoms with Gasteiger partial charge in [0.25, 0.3) is 5.89 Å². The number of anilines is 1. The average molecular weight is 263 g/mol. The van der Waals surface area contributed by atoms with Crippen LogP contribution in [0.5, 0.6) is 0 Å². The van der Waals surface area contributed by atoms with Gasteiger partial charge in [0.2, 0.25) is 0 Å². The summed E-state index contributed by atoms with van der Waals surface area (Å²) in [4.78, 5) is 5.40. The van der Waals surface area contributed by atoms with Crippen molar-refractivity contribution in [1.82, 2.24) is 25.1 Å². The molecule has 0 bridgehead atoms. The fraction of sp³-hybridized carbons (Fsp3) is 0. The van der Waals surface area contributed by atoms with Crippen LogP contribution in [-0.4, -0.2) is 25.1 Å². The van der Waals surface area contributed by atoms with Crippen LogP contribution in [0.25, 0.3) is 17.4 Å². The van der Waals surface area contributed by atoms with Gasteiger partial charge in [-0.05, 0) is 23.4 Å². The Balaban J connectivity index is 2.03. The lowest BCUT2D eigenvalue weighted by Gasteiger charge is -1.99. The quantitative estimate of drug-likeness (QED) is 0.704. The van der Waals surface area contributed by atoms with Crippen molar-refractivity contribution in [3.63, 3.8) is 0 Å². The predicted octanol–water partition coefficient (Wildman–Crippen LogP) is 1.55. The zero-order valence-corrected chi connectivity index (χ0v) is 9.74. The number of aromatic nitrogens is 5. The van der Waals surface area contributed by atoms with Gasteiger partial charge in [0, 0.05) is 5.69 Å². The van der Waals surface area contributed by atoms with Gasteiger partial charge in [-0.15, -0.1) is 4.80 Å². The van der Waals surface area contributed by atoms with E-state index in [1.54, 1.807) is 18.2 Å². The molecule has 0 radical (unpaired) electrons. The molecule has 0 saturated carbocycles. The van der Waals surface area contributed by atoms with Gasteiger partial charge < -0.3 is 10.3 Å². The molecular formula is C10H7ClN6O. The van der Waals surface area contributed by atoms with Gasteiger partial charge >= 0.3 is 5.95 Å². The van der Waals surface area contributed by atoms with Crippen molar-refractivity contribution in [2.24, 2.45) is 0 Å². The zero-order valence-electron chi connectivity index (χ0n) is 8.99. The van der Waals surface area contributed by atoms with Crippen LogP contribution in [0.2, 0.25) is 5.02 Å². The SMILES string of the molecule is Nc1ccc(-c2nc(-n3nccn3)no2)c(Cl)c1. The summed E-state index contributed by atoms with van der Waals surface area (Å²) in [5.74, 6) is 0.523. The van der Waals surface area contributed by atoms with Crippen molar-refractivity contribution in [1.29, 1.82) is 0 Å². The van der Waals surface area contributed by atoms with Crippen LogP contribution in [0.3, 0.4) is 0 Å². The number of benzene rings is 1. The number of nitrogen functional groups attached to an aromatic ring is 1. The first kappa shape index (κ1) is 10.7. The molecule has 2 aromatic heterocycles. The molecule has 0 saturated heterocycles.